The maximum atomic E-state index is 12.8. The van der Waals surface area contributed by atoms with E-state index in [4.69, 9.17) is 14.2 Å². The predicted octanol–water partition coefficient (Wildman–Crippen LogP) is 5.62. The molecule has 2 aliphatic heterocycles. The summed E-state index contributed by atoms with van der Waals surface area (Å²) in [7, 11) is 0. The highest BCUT2D eigenvalue weighted by Crippen LogP contribution is 2.36. The zero-order valence-corrected chi connectivity index (χ0v) is 28.2. The fourth-order valence-corrected chi connectivity index (χ4v) is 5.75. The van der Waals surface area contributed by atoms with Crippen LogP contribution in [-0.4, -0.2) is 76.2 Å². The van der Waals surface area contributed by atoms with Gasteiger partial charge in [0.2, 0.25) is 0 Å². The molecule has 0 spiro atoms. The summed E-state index contributed by atoms with van der Waals surface area (Å²) in [6.07, 6.45) is 9.66. The first-order valence-electron chi connectivity index (χ1n) is 16.6. The Morgan fingerprint density at radius 2 is 1.89 bits per heavy atom. The third-order valence-electron chi connectivity index (χ3n) is 9.26. The number of ether oxygens (including phenoxy) is 3. The lowest BCUT2D eigenvalue weighted by molar-refractivity contribution is -0.151. The number of allylic oxidation sites excluding steroid dienone is 3. The standard InChI is InChI=1S/C35H59NO8/c1-9-26(10-2)21-36-34(40)43-30-16-15-24(6)32(44-31(39)20-27(37)17-18-35(30,8)41)23(5)14-12-13-22(4)19-29-33(42-29)25(7)28(38)11-3/h12-16,22,24-30,32-33,37-38,41H,9-11,17-21H2,1-8H3,(H,36,40)/b13-12+,16-15+,23-14+. The molecule has 0 aromatic heterocycles. The first-order valence-corrected chi connectivity index (χ1v) is 16.6. The Kier molecular flexibility index (Phi) is 15.6. The van der Waals surface area contributed by atoms with Gasteiger partial charge in [-0.2, -0.15) is 0 Å². The average molecular weight is 622 g/mol. The second-order valence-corrected chi connectivity index (χ2v) is 13.3. The van der Waals surface area contributed by atoms with Crippen molar-refractivity contribution in [2.75, 3.05) is 6.54 Å². The number of cyclic esters (lactones) is 1. The number of hydrogen-bond acceptors (Lipinski definition) is 8. The van der Waals surface area contributed by atoms with E-state index in [0.717, 1.165) is 24.8 Å². The van der Waals surface area contributed by atoms with Gasteiger partial charge in [0.25, 0.3) is 0 Å². The van der Waals surface area contributed by atoms with Crippen molar-refractivity contribution in [2.24, 2.45) is 23.7 Å². The topological polar surface area (TPSA) is 138 Å². The van der Waals surface area contributed by atoms with Crippen LogP contribution in [0, 0.1) is 23.7 Å². The number of alkyl carbamates (subject to hydrolysis) is 1. The number of aliphatic hydroxyl groups excluding tert-OH is 2. The molecule has 9 nitrogen and oxygen atoms in total. The summed E-state index contributed by atoms with van der Waals surface area (Å²) in [6, 6.07) is 0. The third-order valence-corrected chi connectivity index (χ3v) is 9.26. The Bertz CT molecular complexity index is 987. The number of nitrogens with one attached hydrogen (secondary N) is 1. The van der Waals surface area contributed by atoms with Gasteiger partial charge in [0, 0.05) is 18.4 Å². The molecule has 0 aromatic carbocycles. The summed E-state index contributed by atoms with van der Waals surface area (Å²) >= 11 is 0. The Hall–Kier alpha value is -2.20. The van der Waals surface area contributed by atoms with E-state index in [2.05, 4.69) is 32.2 Å². The molecule has 0 aliphatic carbocycles. The van der Waals surface area contributed by atoms with Crippen LogP contribution in [0.5, 0.6) is 0 Å². The van der Waals surface area contributed by atoms with Gasteiger partial charge in [-0.05, 0) is 63.0 Å². The Morgan fingerprint density at radius 1 is 1.20 bits per heavy atom. The highest BCUT2D eigenvalue weighted by atomic mass is 16.6. The van der Waals surface area contributed by atoms with Gasteiger partial charge in [-0.1, -0.05) is 78.7 Å². The minimum absolute atomic E-state index is 0.0981. The van der Waals surface area contributed by atoms with Crippen LogP contribution >= 0.6 is 0 Å². The summed E-state index contributed by atoms with van der Waals surface area (Å²) in [6.45, 7) is 16.1. The number of carbonyl (C=O) groups is 2. The molecule has 2 heterocycles. The van der Waals surface area contributed by atoms with E-state index >= 15 is 0 Å². The molecule has 10 unspecified atom stereocenters. The molecule has 0 radical (unpaired) electrons. The van der Waals surface area contributed by atoms with Crippen LogP contribution in [0.3, 0.4) is 0 Å². The van der Waals surface area contributed by atoms with Crippen molar-refractivity contribution < 1.29 is 39.1 Å². The van der Waals surface area contributed by atoms with E-state index in [-0.39, 0.29) is 55.3 Å². The molecule has 44 heavy (non-hydrogen) atoms. The van der Waals surface area contributed by atoms with Crippen molar-refractivity contribution in [3.8, 4) is 0 Å². The summed E-state index contributed by atoms with van der Waals surface area (Å²) in [4.78, 5) is 25.4. The van der Waals surface area contributed by atoms with E-state index in [1.807, 2.05) is 45.9 Å². The number of rotatable bonds is 13. The van der Waals surface area contributed by atoms with Crippen LogP contribution in [0.2, 0.25) is 0 Å². The minimum atomic E-state index is -1.46. The Labute approximate surface area is 265 Å². The Balaban J connectivity index is 2.15. The van der Waals surface area contributed by atoms with E-state index in [1.54, 1.807) is 13.0 Å². The molecule has 1 amide bonds. The summed E-state index contributed by atoms with van der Waals surface area (Å²) in [5.74, 6) is -0.108. The fraction of sp³-hybridized carbons (Fsp3) is 0.771. The molecule has 4 N–H and O–H groups in total. The first-order chi connectivity index (χ1) is 20.7. The third kappa shape index (κ3) is 12.3. The second kappa shape index (κ2) is 18.1. The van der Waals surface area contributed by atoms with Gasteiger partial charge in [-0.25, -0.2) is 4.79 Å². The van der Waals surface area contributed by atoms with Crippen LogP contribution in [-0.2, 0) is 19.0 Å². The van der Waals surface area contributed by atoms with E-state index < -0.39 is 36.0 Å². The Morgan fingerprint density at radius 3 is 2.52 bits per heavy atom. The number of carbonyl (C=O) groups excluding carboxylic acids is 2. The van der Waals surface area contributed by atoms with E-state index in [9.17, 15) is 24.9 Å². The molecule has 0 saturated carbocycles. The molecule has 0 aromatic rings. The molecule has 0 bridgehead atoms. The number of hydrogen-bond donors (Lipinski definition) is 4. The maximum Gasteiger partial charge on any atom is 0.407 e. The van der Waals surface area contributed by atoms with Crippen LogP contribution in [0.1, 0.15) is 100 Å². The van der Waals surface area contributed by atoms with Gasteiger partial charge < -0.3 is 34.8 Å². The normalized spacial score (nSPS) is 33.1. The first kappa shape index (κ1) is 38.0. The minimum Gasteiger partial charge on any atom is -0.457 e. The van der Waals surface area contributed by atoms with Crippen LogP contribution < -0.4 is 5.32 Å². The van der Waals surface area contributed by atoms with Crippen molar-refractivity contribution in [1.29, 1.82) is 0 Å². The highest BCUT2D eigenvalue weighted by Gasteiger charge is 2.45. The van der Waals surface area contributed by atoms with Crippen molar-refractivity contribution in [1.82, 2.24) is 5.32 Å². The number of esters is 1. The highest BCUT2D eigenvalue weighted by molar-refractivity contribution is 5.70. The predicted molar refractivity (Wildman–Crippen MR) is 172 cm³/mol. The quantitative estimate of drug-likeness (QED) is 0.0900. The molecular weight excluding hydrogens is 562 g/mol. The average Bonchev–Trinajstić information content (AvgIpc) is 3.74. The molecule has 252 valence electrons. The van der Waals surface area contributed by atoms with Crippen LogP contribution in [0.15, 0.2) is 36.0 Å². The van der Waals surface area contributed by atoms with Crippen molar-refractivity contribution >= 4 is 12.1 Å². The van der Waals surface area contributed by atoms with Crippen LogP contribution in [0.25, 0.3) is 0 Å². The van der Waals surface area contributed by atoms with Gasteiger partial charge in [-0.15, -0.1) is 0 Å². The van der Waals surface area contributed by atoms with Crippen molar-refractivity contribution in [3.05, 3.63) is 36.0 Å². The lowest BCUT2D eigenvalue weighted by atomic mass is 9.88. The molecule has 1 saturated heterocycles. The molecule has 9 heteroatoms. The number of aliphatic hydroxyl groups is 3. The fourth-order valence-electron chi connectivity index (χ4n) is 5.75. The SMILES string of the molecule is CCC(CC)CNC(=O)OC1/C=C/C(C)C(/C(C)=C/C=C/C(C)CC2OC2C(C)C(O)CC)OC(=O)CC(O)CCC1(C)O. The van der Waals surface area contributed by atoms with Crippen LogP contribution in [0.4, 0.5) is 4.79 Å². The van der Waals surface area contributed by atoms with Crippen molar-refractivity contribution in [2.45, 2.75) is 143 Å². The molecular formula is C35H59NO8. The number of epoxide rings is 1. The summed E-state index contributed by atoms with van der Waals surface area (Å²) in [5.41, 5.74) is -0.638. The maximum absolute atomic E-state index is 12.8. The lowest BCUT2D eigenvalue weighted by Gasteiger charge is -2.32. The largest absolute Gasteiger partial charge is 0.457 e. The van der Waals surface area contributed by atoms with Gasteiger partial charge in [-0.3, -0.25) is 4.79 Å². The molecule has 1 fully saturated rings. The van der Waals surface area contributed by atoms with Gasteiger partial charge in [0.1, 0.15) is 11.7 Å². The number of amides is 1. The molecule has 2 aliphatic rings. The molecule has 2 rings (SSSR count). The smallest absolute Gasteiger partial charge is 0.407 e. The van der Waals surface area contributed by atoms with Gasteiger partial charge in [0.05, 0.1) is 30.8 Å². The zero-order valence-electron chi connectivity index (χ0n) is 28.2. The monoisotopic (exact) mass is 621 g/mol. The van der Waals surface area contributed by atoms with Crippen molar-refractivity contribution in [3.63, 3.8) is 0 Å². The van der Waals surface area contributed by atoms with Gasteiger partial charge >= 0.3 is 12.1 Å². The summed E-state index contributed by atoms with van der Waals surface area (Å²) < 4.78 is 17.4. The van der Waals surface area contributed by atoms with E-state index in [1.165, 1.54) is 0 Å². The van der Waals surface area contributed by atoms with Gasteiger partial charge in [0.15, 0.2) is 6.10 Å². The lowest BCUT2D eigenvalue weighted by Crippen LogP contribution is -2.44. The van der Waals surface area contributed by atoms with E-state index in [0.29, 0.717) is 18.9 Å². The zero-order chi connectivity index (χ0) is 33.0. The second-order valence-electron chi connectivity index (χ2n) is 13.3. The summed E-state index contributed by atoms with van der Waals surface area (Å²) in [5, 5.41) is 34.7. The molecule has 10 atom stereocenters.